The average Bonchev–Trinajstić information content (AvgIpc) is 3.20. The second kappa shape index (κ2) is 10.8. The van der Waals surface area contributed by atoms with Crippen LogP contribution >= 0.6 is 11.6 Å². The molecule has 0 unspecified atom stereocenters. The predicted octanol–water partition coefficient (Wildman–Crippen LogP) is 3.84. The second-order valence-corrected chi connectivity index (χ2v) is 9.32. The number of carbonyl (C=O) groups excluding carboxylic acids is 1. The zero-order chi connectivity index (χ0) is 22.5. The van der Waals surface area contributed by atoms with E-state index in [1.165, 1.54) is 25.3 Å². The standard InChI is InChI=1S/C23H32ClFN4O3/c1-31-13-7-22(30)26-17-4-2-16(3-5-17)6-8-28-9-11-29(12-10-28)23-18-14-19(24)20(25)15-21(18)32-27-23/h14-17H,2-13H2,1H3,(H,26,30). The van der Waals surface area contributed by atoms with E-state index in [0.29, 0.717) is 24.7 Å². The molecule has 176 valence electrons. The van der Waals surface area contributed by atoms with Crippen molar-refractivity contribution in [3.05, 3.63) is 23.0 Å². The lowest BCUT2D eigenvalue weighted by molar-refractivity contribution is -0.122. The number of fused-ring (bicyclic) bond motifs is 1. The lowest BCUT2D eigenvalue weighted by Crippen LogP contribution is -2.47. The van der Waals surface area contributed by atoms with Crippen molar-refractivity contribution in [2.24, 2.45) is 5.92 Å². The van der Waals surface area contributed by atoms with Gasteiger partial charge in [-0.1, -0.05) is 16.8 Å². The molecular formula is C23H32ClFN4O3. The molecule has 4 rings (SSSR count). The first-order valence-electron chi connectivity index (χ1n) is 11.5. The van der Waals surface area contributed by atoms with Gasteiger partial charge in [-0.2, -0.15) is 0 Å². The molecule has 32 heavy (non-hydrogen) atoms. The van der Waals surface area contributed by atoms with Crippen molar-refractivity contribution < 1.29 is 18.4 Å². The lowest BCUT2D eigenvalue weighted by atomic mass is 9.84. The van der Waals surface area contributed by atoms with E-state index in [9.17, 15) is 9.18 Å². The Morgan fingerprint density at radius 1 is 1.25 bits per heavy atom. The smallest absolute Gasteiger partial charge is 0.222 e. The number of halogens is 2. The number of nitrogens with zero attached hydrogens (tertiary/aromatic N) is 3. The molecule has 2 aliphatic rings. The summed E-state index contributed by atoms with van der Waals surface area (Å²) in [4.78, 5) is 16.6. The van der Waals surface area contributed by atoms with Gasteiger partial charge in [0.2, 0.25) is 5.91 Å². The van der Waals surface area contributed by atoms with E-state index in [1.807, 2.05) is 0 Å². The van der Waals surface area contributed by atoms with Crippen molar-refractivity contribution in [1.29, 1.82) is 0 Å². The molecule has 1 amide bonds. The first kappa shape index (κ1) is 23.3. The molecule has 2 aromatic rings. The molecular weight excluding hydrogens is 435 g/mol. The number of piperazine rings is 1. The Balaban J connectivity index is 1.18. The van der Waals surface area contributed by atoms with Gasteiger partial charge >= 0.3 is 0 Å². The van der Waals surface area contributed by atoms with Crippen LogP contribution in [0.2, 0.25) is 5.02 Å². The molecule has 1 saturated carbocycles. The quantitative estimate of drug-likeness (QED) is 0.637. The van der Waals surface area contributed by atoms with E-state index >= 15 is 0 Å². The van der Waals surface area contributed by atoms with E-state index in [-0.39, 0.29) is 10.9 Å². The number of hydrogen-bond acceptors (Lipinski definition) is 6. The molecule has 9 heteroatoms. The van der Waals surface area contributed by atoms with Crippen molar-refractivity contribution >= 4 is 34.3 Å². The summed E-state index contributed by atoms with van der Waals surface area (Å²) in [6, 6.07) is 3.21. The van der Waals surface area contributed by atoms with E-state index in [4.69, 9.17) is 20.9 Å². The highest BCUT2D eigenvalue weighted by Crippen LogP contribution is 2.31. The predicted molar refractivity (Wildman–Crippen MR) is 123 cm³/mol. The number of carbonyl (C=O) groups is 1. The highest BCUT2D eigenvalue weighted by Gasteiger charge is 2.25. The largest absolute Gasteiger partial charge is 0.384 e. The Morgan fingerprint density at radius 2 is 2.00 bits per heavy atom. The van der Waals surface area contributed by atoms with Crippen LogP contribution in [0.4, 0.5) is 10.2 Å². The summed E-state index contributed by atoms with van der Waals surface area (Å²) >= 11 is 5.95. The number of methoxy groups -OCH3 is 1. The van der Waals surface area contributed by atoms with Crippen molar-refractivity contribution in [1.82, 2.24) is 15.4 Å². The van der Waals surface area contributed by atoms with Crippen molar-refractivity contribution in [3.8, 4) is 0 Å². The highest BCUT2D eigenvalue weighted by atomic mass is 35.5. The molecule has 1 aliphatic heterocycles. The lowest BCUT2D eigenvalue weighted by Gasteiger charge is -2.36. The number of aromatic nitrogens is 1. The van der Waals surface area contributed by atoms with Gasteiger partial charge in [-0.15, -0.1) is 0 Å². The summed E-state index contributed by atoms with van der Waals surface area (Å²) in [5.74, 6) is 1.08. The monoisotopic (exact) mass is 466 g/mol. The zero-order valence-electron chi connectivity index (χ0n) is 18.6. The third-order valence-electron chi connectivity index (χ3n) is 6.76. The number of nitrogens with one attached hydrogen (secondary N) is 1. The molecule has 0 radical (unpaired) electrons. The summed E-state index contributed by atoms with van der Waals surface area (Å²) in [7, 11) is 1.62. The Kier molecular flexibility index (Phi) is 7.86. The summed E-state index contributed by atoms with van der Waals surface area (Å²) < 4.78 is 23.9. The number of rotatable bonds is 8. The molecule has 0 spiro atoms. The van der Waals surface area contributed by atoms with Gasteiger partial charge < -0.3 is 19.5 Å². The van der Waals surface area contributed by atoms with Gasteiger partial charge in [0.15, 0.2) is 11.4 Å². The fourth-order valence-electron chi connectivity index (χ4n) is 4.79. The van der Waals surface area contributed by atoms with Gasteiger partial charge in [-0.25, -0.2) is 4.39 Å². The maximum absolute atomic E-state index is 13.6. The Bertz CT molecular complexity index is 908. The molecule has 7 nitrogen and oxygen atoms in total. The van der Waals surface area contributed by atoms with Crippen molar-refractivity contribution in [2.75, 3.05) is 51.3 Å². The molecule has 1 N–H and O–H groups in total. The van der Waals surface area contributed by atoms with Crippen LogP contribution in [-0.2, 0) is 9.53 Å². The normalized spacial score (nSPS) is 22.4. The summed E-state index contributed by atoms with van der Waals surface area (Å²) in [5.41, 5.74) is 0.426. The molecule has 2 fully saturated rings. The van der Waals surface area contributed by atoms with E-state index < -0.39 is 5.82 Å². The van der Waals surface area contributed by atoms with Crippen LogP contribution < -0.4 is 10.2 Å². The Morgan fingerprint density at radius 3 is 2.72 bits per heavy atom. The Hall–Kier alpha value is -1.90. The summed E-state index contributed by atoms with van der Waals surface area (Å²) in [5, 5.41) is 8.15. The van der Waals surface area contributed by atoms with Crippen LogP contribution in [0.15, 0.2) is 16.7 Å². The van der Waals surface area contributed by atoms with E-state index in [0.717, 1.165) is 62.7 Å². The maximum atomic E-state index is 13.6. The maximum Gasteiger partial charge on any atom is 0.222 e. The topological polar surface area (TPSA) is 70.8 Å². The highest BCUT2D eigenvalue weighted by molar-refractivity contribution is 6.31. The van der Waals surface area contributed by atoms with Crippen LogP contribution in [-0.4, -0.2) is 68.4 Å². The number of ether oxygens (including phenoxy) is 1. The van der Waals surface area contributed by atoms with Crippen LogP contribution in [0.25, 0.3) is 11.0 Å². The summed E-state index contributed by atoms with van der Waals surface area (Å²) in [6.45, 7) is 5.23. The van der Waals surface area contributed by atoms with Gasteiger partial charge in [0.05, 0.1) is 17.0 Å². The van der Waals surface area contributed by atoms with E-state index in [2.05, 4.69) is 20.3 Å². The Labute approximate surface area is 193 Å². The summed E-state index contributed by atoms with van der Waals surface area (Å²) in [6.07, 6.45) is 6.14. The average molecular weight is 467 g/mol. The minimum absolute atomic E-state index is 0.0878. The van der Waals surface area contributed by atoms with Crippen LogP contribution in [0, 0.1) is 11.7 Å². The van der Waals surface area contributed by atoms with Crippen molar-refractivity contribution in [2.45, 2.75) is 44.6 Å². The minimum atomic E-state index is -0.491. The van der Waals surface area contributed by atoms with Gasteiger partial charge in [0.25, 0.3) is 0 Å². The SMILES string of the molecule is COCCC(=O)NC1CCC(CCN2CCN(c3noc4cc(F)c(Cl)cc34)CC2)CC1. The van der Waals surface area contributed by atoms with Crippen LogP contribution in [0.3, 0.4) is 0 Å². The first-order valence-corrected chi connectivity index (χ1v) is 11.9. The van der Waals surface area contributed by atoms with Gasteiger partial charge in [0.1, 0.15) is 5.82 Å². The fraction of sp³-hybridized carbons (Fsp3) is 0.652. The third kappa shape index (κ3) is 5.71. The van der Waals surface area contributed by atoms with E-state index in [1.54, 1.807) is 13.2 Å². The van der Waals surface area contributed by atoms with Crippen LogP contribution in [0.5, 0.6) is 0 Å². The third-order valence-corrected chi connectivity index (χ3v) is 7.05. The molecule has 1 aromatic heterocycles. The number of benzene rings is 1. The number of amides is 1. The first-order chi connectivity index (χ1) is 15.5. The minimum Gasteiger partial charge on any atom is -0.384 e. The fourth-order valence-corrected chi connectivity index (χ4v) is 4.95. The number of hydrogen-bond donors (Lipinski definition) is 1. The van der Waals surface area contributed by atoms with Gasteiger partial charge in [-0.05, 0) is 50.6 Å². The molecule has 1 saturated heterocycles. The number of anilines is 1. The molecule has 2 heterocycles. The molecule has 1 aliphatic carbocycles. The zero-order valence-corrected chi connectivity index (χ0v) is 19.4. The van der Waals surface area contributed by atoms with Crippen LogP contribution in [0.1, 0.15) is 38.5 Å². The molecule has 1 aromatic carbocycles. The van der Waals surface area contributed by atoms with Gasteiger partial charge in [-0.3, -0.25) is 9.69 Å². The second-order valence-electron chi connectivity index (χ2n) is 8.91. The molecule has 0 bridgehead atoms. The van der Waals surface area contributed by atoms with Gasteiger partial charge in [0, 0.05) is 51.8 Å². The molecule has 0 atom stereocenters. The van der Waals surface area contributed by atoms with Crippen molar-refractivity contribution in [3.63, 3.8) is 0 Å².